The van der Waals surface area contributed by atoms with Crippen LogP contribution in [0.1, 0.15) is 48.9 Å². The second-order valence-corrected chi connectivity index (χ2v) is 5.62. The molecule has 1 aromatic rings. The maximum absolute atomic E-state index is 11.2. The lowest BCUT2D eigenvalue weighted by Gasteiger charge is -2.32. The molecule has 2 heteroatoms. The van der Waals surface area contributed by atoms with Gasteiger partial charge in [0.1, 0.15) is 0 Å². The first-order chi connectivity index (χ1) is 8.90. The highest BCUT2D eigenvalue weighted by atomic mass is 16.1. The van der Waals surface area contributed by atoms with Gasteiger partial charge in [-0.1, -0.05) is 25.0 Å². The highest BCUT2D eigenvalue weighted by Gasteiger charge is 2.33. The predicted molar refractivity (Wildman–Crippen MR) is 74.2 cm³/mol. The van der Waals surface area contributed by atoms with E-state index < -0.39 is 0 Å². The minimum atomic E-state index is 0.675. The molecule has 2 fully saturated rings. The summed E-state index contributed by atoms with van der Waals surface area (Å²) in [5.74, 6) is 0.854. The topological polar surface area (TPSA) is 20.3 Å². The lowest BCUT2D eigenvalue weighted by molar-refractivity contribution is 0.112. The van der Waals surface area contributed by atoms with Gasteiger partial charge in [0.15, 0.2) is 6.29 Å². The number of benzene rings is 1. The quantitative estimate of drug-likeness (QED) is 0.755. The lowest BCUT2D eigenvalue weighted by Crippen LogP contribution is -2.35. The number of carbonyl (C=O) groups excluding carboxylic acids is 1. The molecule has 0 N–H and O–H groups in total. The summed E-state index contributed by atoms with van der Waals surface area (Å²) in [6.45, 7) is 1.12. The van der Waals surface area contributed by atoms with Gasteiger partial charge in [0.2, 0.25) is 0 Å². The third kappa shape index (κ3) is 2.05. The molecule has 1 unspecified atom stereocenters. The van der Waals surface area contributed by atoms with Crippen LogP contribution in [0.4, 0.5) is 5.69 Å². The number of carbonyl (C=O) groups is 1. The highest BCUT2D eigenvalue weighted by molar-refractivity contribution is 5.84. The molecular weight excluding hydrogens is 222 g/mol. The van der Waals surface area contributed by atoms with E-state index in [-0.39, 0.29) is 0 Å². The largest absolute Gasteiger partial charge is 0.368 e. The highest BCUT2D eigenvalue weighted by Crippen LogP contribution is 2.38. The van der Waals surface area contributed by atoms with Gasteiger partial charge in [-0.2, -0.15) is 0 Å². The molecule has 1 saturated carbocycles. The zero-order chi connectivity index (χ0) is 12.4. The van der Waals surface area contributed by atoms with E-state index in [0.717, 1.165) is 30.0 Å². The fraction of sp³-hybridized carbons (Fsp3) is 0.562. The van der Waals surface area contributed by atoms with Crippen molar-refractivity contribution in [3.8, 4) is 0 Å². The summed E-state index contributed by atoms with van der Waals surface area (Å²) >= 11 is 0. The number of hydrogen-bond acceptors (Lipinski definition) is 2. The second-order valence-electron chi connectivity index (χ2n) is 5.62. The van der Waals surface area contributed by atoms with E-state index in [4.69, 9.17) is 0 Å². The van der Waals surface area contributed by atoms with Gasteiger partial charge in [-0.15, -0.1) is 0 Å². The van der Waals surface area contributed by atoms with Gasteiger partial charge in [-0.3, -0.25) is 4.79 Å². The van der Waals surface area contributed by atoms with Crippen LogP contribution in [0.5, 0.6) is 0 Å². The molecular formula is C16H21NO. The number of anilines is 1. The Bertz CT molecular complexity index is 423. The molecule has 18 heavy (non-hydrogen) atoms. The summed E-state index contributed by atoms with van der Waals surface area (Å²) in [5.41, 5.74) is 2.00. The van der Waals surface area contributed by atoms with E-state index in [1.54, 1.807) is 0 Å². The van der Waals surface area contributed by atoms with Crippen LogP contribution in [-0.2, 0) is 0 Å². The average Bonchev–Trinajstić information content (AvgIpc) is 3.09. The molecule has 1 atom stereocenters. The number of hydrogen-bond donors (Lipinski definition) is 0. The Kier molecular flexibility index (Phi) is 3.35. The van der Waals surface area contributed by atoms with Crippen LogP contribution in [-0.4, -0.2) is 18.9 Å². The number of rotatable bonds is 3. The molecule has 0 radical (unpaired) electrons. The maximum atomic E-state index is 11.2. The van der Waals surface area contributed by atoms with Crippen molar-refractivity contribution in [1.29, 1.82) is 0 Å². The lowest BCUT2D eigenvalue weighted by atomic mass is 9.95. The number of nitrogens with zero attached hydrogens (tertiary/aromatic N) is 1. The van der Waals surface area contributed by atoms with E-state index in [9.17, 15) is 4.79 Å². The Morgan fingerprint density at radius 2 is 1.83 bits per heavy atom. The molecule has 1 aliphatic heterocycles. The SMILES string of the molecule is O=Cc1ccccc1N1CCCC1C1CCCC1. The monoisotopic (exact) mass is 243 g/mol. The number of aldehydes is 1. The van der Waals surface area contributed by atoms with Gasteiger partial charge in [0.05, 0.1) is 0 Å². The summed E-state index contributed by atoms with van der Waals surface area (Å²) < 4.78 is 0. The van der Waals surface area contributed by atoms with E-state index >= 15 is 0 Å². The Labute approximate surface area is 109 Å². The first-order valence-corrected chi connectivity index (χ1v) is 7.21. The van der Waals surface area contributed by atoms with Gasteiger partial charge in [0, 0.05) is 23.8 Å². The van der Waals surface area contributed by atoms with Crippen LogP contribution in [0.15, 0.2) is 24.3 Å². The van der Waals surface area contributed by atoms with Crippen LogP contribution in [0.2, 0.25) is 0 Å². The molecule has 0 spiro atoms. The molecule has 1 aliphatic carbocycles. The van der Waals surface area contributed by atoms with Crippen LogP contribution in [0.3, 0.4) is 0 Å². The van der Waals surface area contributed by atoms with Crippen LogP contribution >= 0.6 is 0 Å². The van der Waals surface area contributed by atoms with Crippen LogP contribution < -0.4 is 4.90 Å². The minimum Gasteiger partial charge on any atom is -0.368 e. The summed E-state index contributed by atoms with van der Waals surface area (Å²) in [4.78, 5) is 13.7. The van der Waals surface area contributed by atoms with E-state index in [2.05, 4.69) is 11.0 Å². The molecule has 0 bridgehead atoms. The number of para-hydroxylation sites is 1. The van der Waals surface area contributed by atoms with Crippen molar-refractivity contribution in [2.24, 2.45) is 5.92 Å². The Balaban J connectivity index is 1.87. The van der Waals surface area contributed by atoms with E-state index in [0.29, 0.717) is 6.04 Å². The zero-order valence-corrected chi connectivity index (χ0v) is 10.8. The molecule has 0 aromatic heterocycles. The van der Waals surface area contributed by atoms with Crippen molar-refractivity contribution in [2.75, 3.05) is 11.4 Å². The predicted octanol–water partition coefficient (Wildman–Crippen LogP) is 3.66. The van der Waals surface area contributed by atoms with Crippen molar-refractivity contribution in [1.82, 2.24) is 0 Å². The summed E-state index contributed by atoms with van der Waals surface area (Å²) in [6.07, 6.45) is 9.12. The average molecular weight is 243 g/mol. The fourth-order valence-corrected chi connectivity index (χ4v) is 3.77. The van der Waals surface area contributed by atoms with E-state index in [1.807, 2.05) is 18.2 Å². The second kappa shape index (κ2) is 5.13. The zero-order valence-electron chi connectivity index (χ0n) is 10.8. The molecule has 1 heterocycles. The summed E-state index contributed by atoms with van der Waals surface area (Å²) in [5, 5.41) is 0. The molecule has 1 aromatic carbocycles. The standard InChI is InChI=1S/C16H21NO/c18-12-14-8-3-4-9-16(14)17-11-5-10-15(17)13-6-1-2-7-13/h3-4,8-9,12-13,15H,1-2,5-7,10-11H2. The minimum absolute atomic E-state index is 0.675. The fourth-order valence-electron chi connectivity index (χ4n) is 3.77. The third-order valence-corrected chi connectivity index (χ3v) is 4.62. The molecule has 2 nitrogen and oxygen atoms in total. The van der Waals surface area contributed by atoms with Crippen molar-refractivity contribution in [3.05, 3.63) is 29.8 Å². The molecule has 2 aliphatic rings. The van der Waals surface area contributed by atoms with Crippen molar-refractivity contribution in [2.45, 2.75) is 44.6 Å². The molecule has 3 rings (SSSR count). The normalized spacial score (nSPS) is 24.7. The van der Waals surface area contributed by atoms with Crippen LogP contribution in [0, 0.1) is 5.92 Å². The van der Waals surface area contributed by atoms with Gasteiger partial charge in [0.25, 0.3) is 0 Å². The molecule has 0 amide bonds. The summed E-state index contributed by atoms with van der Waals surface area (Å²) in [7, 11) is 0. The van der Waals surface area contributed by atoms with Gasteiger partial charge < -0.3 is 4.90 Å². The van der Waals surface area contributed by atoms with Crippen molar-refractivity contribution < 1.29 is 4.79 Å². The Morgan fingerprint density at radius 1 is 1.06 bits per heavy atom. The maximum Gasteiger partial charge on any atom is 0.152 e. The molecule has 1 saturated heterocycles. The van der Waals surface area contributed by atoms with Gasteiger partial charge in [-0.25, -0.2) is 0 Å². The molecule has 96 valence electrons. The third-order valence-electron chi connectivity index (χ3n) is 4.62. The Hall–Kier alpha value is -1.31. The van der Waals surface area contributed by atoms with E-state index in [1.165, 1.54) is 38.5 Å². The van der Waals surface area contributed by atoms with Gasteiger partial charge >= 0.3 is 0 Å². The van der Waals surface area contributed by atoms with Gasteiger partial charge in [-0.05, 0) is 43.7 Å². The summed E-state index contributed by atoms with van der Waals surface area (Å²) in [6, 6.07) is 8.72. The smallest absolute Gasteiger partial charge is 0.152 e. The first-order valence-electron chi connectivity index (χ1n) is 7.21. The van der Waals surface area contributed by atoms with Crippen molar-refractivity contribution >= 4 is 12.0 Å². The van der Waals surface area contributed by atoms with Crippen molar-refractivity contribution in [3.63, 3.8) is 0 Å². The van der Waals surface area contributed by atoms with Crippen LogP contribution in [0.25, 0.3) is 0 Å². The first kappa shape index (κ1) is 11.8. The Morgan fingerprint density at radius 3 is 2.61 bits per heavy atom.